The number of ether oxygens (including phenoxy) is 1. The summed E-state index contributed by atoms with van der Waals surface area (Å²) >= 11 is 19.1. The van der Waals surface area contributed by atoms with Gasteiger partial charge < -0.3 is 19.9 Å². The number of halogens is 3. The first-order valence-electron chi connectivity index (χ1n) is 13.4. The smallest absolute Gasteiger partial charge is 0.311 e. The van der Waals surface area contributed by atoms with Gasteiger partial charge in [-0.15, -0.1) is 0 Å². The minimum atomic E-state index is -0.314. The molecule has 2 aromatic rings. The van der Waals surface area contributed by atoms with Gasteiger partial charge in [-0.05, 0) is 82.5 Å². The van der Waals surface area contributed by atoms with Gasteiger partial charge in [0.1, 0.15) is 5.02 Å². The number of aromatic nitrogens is 2. The predicted octanol–water partition coefficient (Wildman–Crippen LogP) is 6.41. The molecule has 0 bridgehead atoms. The molecule has 3 aliphatic rings. The van der Waals surface area contributed by atoms with Gasteiger partial charge in [-0.3, -0.25) is 4.79 Å². The number of anilines is 2. The third kappa shape index (κ3) is 5.45. The van der Waals surface area contributed by atoms with Gasteiger partial charge in [0.15, 0.2) is 5.82 Å². The average molecular weight is 581 g/mol. The lowest BCUT2D eigenvalue weighted by molar-refractivity contribution is -0.162. The number of methoxy groups -OCH3 is 1. The number of carbonyl (C=O) groups excluding carboxylic acids is 1. The fourth-order valence-electron chi connectivity index (χ4n) is 6.30. The topological polar surface area (TPSA) is 70.6 Å². The zero-order valence-electron chi connectivity index (χ0n) is 22.4. The summed E-state index contributed by atoms with van der Waals surface area (Å²) in [6.07, 6.45) is 4.26. The first kappa shape index (κ1) is 27.8. The van der Waals surface area contributed by atoms with E-state index in [1.807, 2.05) is 32.9 Å². The molecule has 7 nitrogen and oxygen atoms in total. The number of esters is 1. The van der Waals surface area contributed by atoms with E-state index in [1.54, 1.807) is 6.07 Å². The lowest BCUT2D eigenvalue weighted by Gasteiger charge is -2.52. The molecule has 0 amide bonds. The molecule has 2 aliphatic heterocycles. The molecule has 10 heteroatoms. The van der Waals surface area contributed by atoms with Crippen LogP contribution in [0.5, 0.6) is 0 Å². The van der Waals surface area contributed by atoms with Gasteiger partial charge in [-0.1, -0.05) is 40.9 Å². The lowest BCUT2D eigenvalue weighted by atomic mass is 9.65. The highest BCUT2D eigenvalue weighted by Crippen LogP contribution is 2.46. The van der Waals surface area contributed by atoms with Gasteiger partial charge in [0.2, 0.25) is 5.95 Å². The fourth-order valence-corrected chi connectivity index (χ4v) is 7.01. The van der Waals surface area contributed by atoms with Crippen molar-refractivity contribution in [3.8, 4) is 0 Å². The van der Waals surface area contributed by atoms with Crippen LogP contribution in [0.1, 0.15) is 56.8 Å². The van der Waals surface area contributed by atoms with Gasteiger partial charge in [0, 0.05) is 35.7 Å². The Morgan fingerprint density at radius 2 is 1.89 bits per heavy atom. The van der Waals surface area contributed by atoms with Crippen LogP contribution in [0.15, 0.2) is 18.2 Å². The Bertz CT molecular complexity index is 1200. The van der Waals surface area contributed by atoms with Crippen LogP contribution in [0.25, 0.3) is 0 Å². The van der Waals surface area contributed by atoms with E-state index in [0.717, 1.165) is 50.3 Å². The molecule has 2 saturated heterocycles. The summed E-state index contributed by atoms with van der Waals surface area (Å²) < 4.78 is 5.01. The molecule has 0 radical (unpaired) electrons. The number of rotatable bonds is 7. The Hall–Kier alpha value is -1.80. The molecular formula is C28H36Cl3N5O2. The van der Waals surface area contributed by atoms with E-state index in [1.165, 1.54) is 20.0 Å². The van der Waals surface area contributed by atoms with Crippen LogP contribution in [0.2, 0.25) is 15.1 Å². The van der Waals surface area contributed by atoms with Crippen LogP contribution in [0, 0.1) is 24.2 Å². The molecule has 1 N–H and O–H groups in total. The molecule has 3 heterocycles. The first-order chi connectivity index (χ1) is 18.1. The van der Waals surface area contributed by atoms with Crippen LogP contribution in [0.4, 0.5) is 11.8 Å². The van der Waals surface area contributed by atoms with Crippen LogP contribution in [0.3, 0.4) is 0 Å². The van der Waals surface area contributed by atoms with Crippen molar-refractivity contribution in [1.82, 2.24) is 14.9 Å². The minimum Gasteiger partial charge on any atom is -0.469 e. The Morgan fingerprint density at radius 3 is 2.58 bits per heavy atom. The summed E-state index contributed by atoms with van der Waals surface area (Å²) in [5.74, 6) is 2.52. The molecule has 1 aromatic heterocycles. The number of carbonyl (C=O) groups is 1. The predicted molar refractivity (Wildman–Crippen MR) is 153 cm³/mol. The minimum absolute atomic E-state index is 0.0743. The van der Waals surface area contributed by atoms with E-state index in [0.29, 0.717) is 44.7 Å². The maximum absolute atomic E-state index is 12.1. The molecule has 1 aromatic carbocycles. The second-order valence-corrected chi connectivity index (χ2v) is 12.7. The van der Waals surface area contributed by atoms with Gasteiger partial charge >= 0.3 is 5.97 Å². The highest BCUT2D eigenvalue weighted by Gasteiger charge is 2.50. The van der Waals surface area contributed by atoms with Crippen LogP contribution in [-0.4, -0.2) is 60.2 Å². The molecule has 5 rings (SSSR count). The van der Waals surface area contributed by atoms with Crippen molar-refractivity contribution in [3.05, 3.63) is 44.5 Å². The number of nitrogens with zero attached hydrogens (tertiary/aromatic N) is 4. The van der Waals surface area contributed by atoms with Gasteiger partial charge in [-0.2, -0.15) is 4.98 Å². The Balaban J connectivity index is 1.19. The molecule has 0 spiro atoms. The summed E-state index contributed by atoms with van der Waals surface area (Å²) in [7, 11) is 1.49. The van der Waals surface area contributed by atoms with Crippen molar-refractivity contribution in [3.63, 3.8) is 0 Å². The Morgan fingerprint density at radius 1 is 1.16 bits per heavy atom. The summed E-state index contributed by atoms with van der Waals surface area (Å²) in [5.41, 5.74) is 1.36. The molecule has 206 valence electrons. The van der Waals surface area contributed by atoms with Crippen LogP contribution < -0.4 is 10.2 Å². The fraction of sp³-hybridized carbons (Fsp3) is 0.607. The summed E-state index contributed by atoms with van der Waals surface area (Å²) in [4.78, 5) is 26.4. The van der Waals surface area contributed by atoms with E-state index >= 15 is 0 Å². The second kappa shape index (κ2) is 11.0. The number of nitrogens with one attached hydrogen (secondary N) is 1. The van der Waals surface area contributed by atoms with Crippen molar-refractivity contribution in [2.75, 3.05) is 43.5 Å². The van der Waals surface area contributed by atoms with E-state index in [-0.39, 0.29) is 17.4 Å². The monoisotopic (exact) mass is 579 g/mol. The van der Waals surface area contributed by atoms with E-state index in [4.69, 9.17) is 49.5 Å². The number of hydrogen-bond acceptors (Lipinski definition) is 7. The third-order valence-corrected chi connectivity index (χ3v) is 9.72. The number of likely N-dealkylation sites (tertiary alicyclic amines) is 1. The van der Waals surface area contributed by atoms with Crippen LogP contribution >= 0.6 is 34.8 Å². The maximum atomic E-state index is 12.1. The highest BCUT2D eigenvalue weighted by molar-refractivity contribution is 6.35. The summed E-state index contributed by atoms with van der Waals surface area (Å²) in [6, 6.07) is 5.87. The lowest BCUT2D eigenvalue weighted by Crippen LogP contribution is -2.58. The molecule has 38 heavy (non-hydrogen) atoms. The number of benzene rings is 1. The van der Waals surface area contributed by atoms with Crippen molar-refractivity contribution >= 4 is 52.5 Å². The van der Waals surface area contributed by atoms with E-state index in [2.05, 4.69) is 15.1 Å². The molecule has 1 aliphatic carbocycles. The van der Waals surface area contributed by atoms with Gasteiger partial charge in [-0.25, -0.2) is 4.98 Å². The summed E-state index contributed by atoms with van der Waals surface area (Å²) in [6.45, 7) is 10.1. The Kier molecular flexibility index (Phi) is 8.03. The van der Waals surface area contributed by atoms with E-state index < -0.39 is 0 Å². The number of aryl methyl sites for hydroxylation is 1. The molecule has 0 unspecified atom stereocenters. The third-order valence-electron chi connectivity index (χ3n) is 8.70. The van der Waals surface area contributed by atoms with E-state index in [9.17, 15) is 4.79 Å². The maximum Gasteiger partial charge on any atom is 0.311 e. The molecule has 1 saturated carbocycles. The zero-order chi connectivity index (χ0) is 27.2. The van der Waals surface area contributed by atoms with Crippen molar-refractivity contribution in [2.24, 2.45) is 17.3 Å². The number of hydrogen-bond donors (Lipinski definition) is 1. The standard InChI is InChI=1S/C28H36Cl3N5O2/c1-16(22-8-7-20(29)10-23(22)30)32-25-24(31)17(2)33-27(34-25)36-14-19(15-36)18-6-5-9-35(13-18)21-11-28(3,12-21)26(37)38-4/h7-8,10,16,18-19,21H,5-6,9,11-15H2,1-4H3,(H,32,33,34)/t16-,18+,21?,28?/m1/s1. The van der Waals surface area contributed by atoms with Crippen molar-refractivity contribution in [1.29, 1.82) is 0 Å². The SMILES string of the molecule is COC(=O)C1(C)CC(N2CCC[C@H](C3CN(c4nc(C)c(Cl)c(N[C@H](C)c5ccc(Cl)cc5Cl)n4)C3)C2)C1. The normalized spacial score (nSPS) is 26.9. The van der Waals surface area contributed by atoms with Crippen molar-refractivity contribution < 1.29 is 9.53 Å². The van der Waals surface area contributed by atoms with Crippen molar-refractivity contribution in [2.45, 2.75) is 58.5 Å². The molecule has 2 atom stereocenters. The molecule has 3 fully saturated rings. The first-order valence-corrected chi connectivity index (χ1v) is 14.5. The summed E-state index contributed by atoms with van der Waals surface area (Å²) in [5, 5.41) is 5.14. The number of piperidine rings is 1. The van der Waals surface area contributed by atoms with Gasteiger partial charge in [0.25, 0.3) is 0 Å². The highest BCUT2D eigenvalue weighted by atomic mass is 35.5. The molecular weight excluding hydrogens is 545 g/mol. The average Bonchev–Trinajstić information content (AvgIpc) is 2.83. The zero-order valence-corrected chi connectivity index (χ0v) is 24.7. The second-order valence-electron chi connectivity index (χ2n) is 11.5. The largest absolute Gasteiger partial charge is 0.469 e. The van der Waals surface area contributed by atoms with Gasteiger partial charge in [0.05, 0.1) is 24.3 Å². The Labute approximate surface area is 240 Å². The van der Waals surface area contributed by atoms with Crippen LogP contribution in [-0.2, 0) is 9.53 Å². The quantitative estimate of drug-likeness (QED) is 0.380.